The highest BCUT2D eigenvalue weighted by atomic mass is 79.9. The highest BCUT2D eigenvalue weighted by molar-refractivity contribution is 9.10. The van der Waals surface area contributed by atoms with E-state index in [1.54, 1.807) is 0 Å². The van der Waals surface area contributed by atoms with Crippen LogP contribution < -0.4 is 0 Å². The van der Waals surface area contributed by atoms with Crippen molar-refractivity contribution in [3.63, 3.8) is 0 Å². The van der Waals surface area contributed by atoms with Gasteiger partial charge in [0.15, 0.2) is 0 Å². The highest BCUT2D eigenvalue weighted by Crippen LogP contribution is 2.29. The van der Waals surface area contributed by atoms with Gasteiger partial charge in [0.25, 0.3) is 0 Å². The normalized spacial score (nSPS) is 11.1. The summed E-state index contributed by atoms with van der Waals surface area (Å²) in [5.74, 6) is 1.15. The van der Waals surface area contributed by atoms with Crippen molar-refractivity contribution < 1.29 is 4.42 Å². The van der Waals surface area contributed by atoms with Gasteiger partial charge in [-0.3, -0.25) is 0 Å². The monoisotopic (exact) mass is 342 g/mol. The van der Waals surface area contributed by atoms with Crippen LogP contribution in [0, 0.1) is 0 Å². The van der Waals surface area contributed by atoms with Crippen molar-refractivity contribution in [2.45, 2.75) is 32.6 Å². The molecule has 21 heavy (non-hydrogen) atoms. The number of benzene rings is 2. The van der Waals surface area contributed by atoms with Gasteiger partial charge in [0.1, 0.15) is 11.3 Å². The van der Waals surface area contributed by atoms with Gasteiger partial charge in [0.2, 0.25) is 0 Å². The fourth-order valence-electron chi connectivity index (χ4n) is 2.69. The minimum Gasteiger partial charge on any atom is -0.461 e. The molecule has 0 amide bonds. The quantitative estimate of drug-likeness (QED) is 0.543. The molecule has 0 saturated heterocycles. The largest absolute Gasteiger partial charge is 0.461 e. The van der Waals surface area contributed by atoms with Crippen LogP contribution >= 0.6 is 15.9 Å². The van der Waals surface area contributed by atoms with Crippen LogP contribution in [0.3, 0.4) is 0 Å². The van der Waals surface area contributed by atoms with Crippen LogP contribution in [0.25, 0.3) is 11.0 Å². The van der Waals surface area contributed by atoms with E-state index >= 15 is 0 Å². The Morgan fingerprint density at radius 3 is 2.52 bits per heavy atom. The van der Waals surface area contributed by atoms with Crippen LogP contribution in [0.15, 0.2) is 57.4 Å². The summed E-state index contributed by atoms with van der Waals surface area (Å²) in [6.07, 6.45) is 4.32. The van der Waals surface area contributed by atoms with Crippen molar-refractivity contribution in [2.75, 3.05) is 0 Å². The van der Waals surface area contributed by atoms with Crippen LogP contribution in [0.2, 0.25) is 0 Å². The molecule has 1 nitrogen and oxygen atoms in total. The Labute approximate surface area is 134 Å². The number of hydrogen-bond acceptors (Lipinski definition) is 1. The lowest BCUT2D eigenvalue weighted by Crippen LogP contribution is -1.93. The van der Waals surface area contributed by atoms with E-state index in [4.69, 9.17) is 4.42 Å². The van der Waals surface area contributed by atoms with E-state index in [-0.39, 0.29) is 0 Å². The highest BCUT2D eigenvalue weighted by Gasteiger charge is 2.13. The zero-order chi connectivity index (χ0) is 14.7. The van der Waals surface area contributed by atoms with Gasteiger partial charge in [0, 0.05) is 28.3 Å². The minimum atomic E-state index is 0.934. The predicted octanol–water partition coefficient (Wildman–Crippen LogP) is 6.13. The molecule has 3 aromatic rings. The van der Waals surface area contributed by atoms with Gasteiger partial charge in [-0.25, -0.2) is 0 Å². The van der Waals surface area contributed by atoms with Gasteiger partial charge >= 0.3 is 0 Å². The van der Waals surface area contributed by atoms with Crippen molar-refractivity contribution in [1.29, 1.82) is 0 Å². The molecule has 1 heterocycles. The maximum absolute atomic E-state index is 6.09. The Morgan fingerprint density at radius 2 is 1.76 bits per heavy atom. The van der Waals surface area contributed by atoms with Crippen LogP contribution in [0.1, 0.15) is 36.7 Å². The van der Waals surface area contributed by atoms with Crippen molar-refractivity contribution in [2.24, 2.45) is 0 Å². The first kappa shape index (κ1) is 14.4. The minimum absolute atomic E-state index is 0.934. The van der Waals surface area contributed by atoms with E-state index in [0.29, 0.717) is 0 Å². The number of rotatable bonds is 5. The van der Waals surface area contributed by atoms with Crippen LogP contribution in [-0.2, 0) is 12.8 Å². The van der Waals surface area contributed by atoms with E-state index in [9.17, 15) is 0 Å². The van der Waals surface area contributed by atoms with Crippen molar-refractivity contribution in [3.05, 3.63) is 69.9 Å². The first-order chi connectivity index (χ1) is 10.3. The molecule has 0 fully saturated rings. The topological polar surface area (TPSA) is 13.1 Å². The van der Waals surface area contributed by atoms with Gasteiger partial charge in [-0.1, -0.05) is 59.6 Å². The average Bonchev–Trinajstić information content (AvgIpc) is 2.85. The SMILES string of the molecule is CCCCc1oc2ccccc2c1Cc1ccc(Br)cc1. The Hall–Kier alpha value is -1.54. The summed E-state index contributed by atoms with van der Waals surface area (Å²) in [7, 11) is 0. The summed E-state index contributed by atoms with van der Waals surface area (Å²) < 4.78 is 7.21. The molecule has 0 saturated carbocycles. The molecular weight excluding hydrogens is 324 g/mol. The fraction of sp³-hybridized carbons (Fsp3) is 0.263. The Morgan fingerprint density at radius 1 is 1.00 bits per heavy atom. The average molecular weight is 343 g/mol. The first-order valence-corrected chi connectivity index (χ1v) is 8.31. The Kier molecular flexibility index (Phi) is 4.45. The third-order valence-corrected chi connectivity index (χ3v) is 4.36. The van der Waals surface area contributed by atoms with Crippen LogP contribution in [-0.4, -0.2) is 0 Å². The number of unbranched alkanes of at least 4 members (excludes halogenated alkanes) is 1. The molecule has 2 aromatic carbocycles. The fourth-order valence-corrected chi connectivity index (χ4v) is 2.95. The summed E-state index contributed by atoms with van der Waals surface area (Å²) in [4.78, 5) is 0. The molecular formula is C19H19BrO. The molecule has 0 unspecified atom stereocenters. The zero-order valence-corrected chi connectivity index (χ0v) is 13.8. The standard InChI is InChI=1S/C19H19BrO/c1-2-3-7-19-17(13-14-9-11-15(20)12-10-14)16-6-4-5-8-18(16)21-19/h4-6,8-12H,2-3,7,13H2,1H3. The molecule has 0 aliphatic heterocycles. The van der Waals surface area contributed by atoms with Crippen LogP contribution in [0.4, 0.5) is 0 Å². The number of aryl methyl sites for hydroxylation is 1. The van der Waals surface area contributed by atoms with Gasteiger partial charge in [0.05, 0.1) is 0 Å². The summed E-state index contributed by atoms with van der Waals surface area (Å²) in [5, 5.41) is 1.26. The van der Waals surface area contributed by atoms with E-state index in [1.807, 2.05) is 6.07 Å². The molecule has 108 valence electrons. The Bertz CT molecular complexity index is 725. The number of halogens is 1. The van der Waals surface area contributed by atoms with Crippen molar-refractivity contribution in [1.82, 2.24) is 0 Å². The van der Waals surface area contributed by atoms with E-state index in [1.165, 1.54) is 29.4 Å². The molecule has 0 aliphatic carbocycles. The van der Waals surface area contributed by atoms with E-state index < -0.39 is 0 Å². The summed E-state index contributed by atoms with van der Waals surface area (Å²) in [6, 6.07) is 16.9. The van der Waals surface area contributed by atoms with Gasteiger partial charge in [-0.2, -0.15) is 0 Å². The molecule has 0 radical (unpaired) electrons. The van der Waals surface area contributed by atoms with Crippen molar-refractivity contribution >= 4 is 26.9 Å². The number of hydrogen-bond donors (Lipinski definition) is 0. The van der Waals surface area contributed by atoms with Gasteiger partial charge in [-0.15, -0.1) is 0 Å². The van der Waals surface area contributed by atoms with E-state index in [2.05, 4.69) is 65.3 Å². The maximum Gasteiger partial charge on any atom is 0.134 e. The van der Waals surface area contributed by atoms with Crippen molar-refractivity contribution in [3.8, 4) is 0 Å². The maximum atomic E-state index is 6.09. The third-order valence-electron chi connectivity index (χ3n) is 3.83. The number of furan rings is 1. The molecule has 2 heteroatoms. The third kappa shape index (κ3) is 3.21. The summed E-state index contributed by atoms with van der Waals surface area (Å²) >= 11 is 3.49. The molecule has 0 atom stereocenters. The molecule has 0 aliphatic rings. The molecule has 3 rings (SSSR count). The second-order valence-corrected chi connectivity index (χ2v) is 6.32. The van der Waals surface area contributed by atoms with Gasteiger partial charge in [-0.05, 0) is 30.2 Å². The first-order valence-electron chi connectivity index (χ1n) is 7.51. The van der Waals surface area contributed by atoms with Crippen LogP contribution in [0.5, 0.6) is 0 Å². The lowest BCUT2D eigenvalue weighted by molar-refractivity contribution is 0.531. The lowest BCUT2D eigenvalue weighted by Gasteiger charge is -2.04. The van der Waals surface area contributed by atoms with Gasteiger partial charge < -0.3 is 4.42 Å². The second kappa shape index (κ2) is 6.48. The number of fused-ring (bicyclic) bond motifs is 1. The zero-order valence-electron chi connectivity index (χ0n) is 12.2. The Balaban J connectivity index is 1.99. The molecule has 1 aromatic heterocycles. The summed E-state index contributed by atoms with van der Waals surface area (Å²) in [6.45, 7) is 2.22. The predicted molar refractivity (Wildman–Crippen MR) is 91.8 cm³/mol. The number of para-hydroxylation sites is 1. The lowest BCUT2D eigenvalue weighted by atomic mass is 10.00. The molecule has 0 N–H and O–H groups in total. The molecule has 0 bridgehead atoms. The molecule has 0 spiro atoms. The smallest absolute Gasteiger partial charge is 0.134 e. The van der Waals surface area contributed by atoms with E-state index in [0.717, 1.165) is 28.7 Å². The summed E-state index contributed by atoms with van der Waals surface area (Å²) in [5.41, 5.74) is 3.68. The second-order valence-electron chi connectivity index (χ2n) is 5.41.